The lowest BCUT2D eigenvalue weighted by Gasteiger charge is -2.42. The van der Waals surface area contributed by atoms with E-state index in [9.17, 15) is 28.2 Å². The van der Waals surface area contributed by atoms with Gasteiger partial charge in [-0.15, -0.1) is 5.10 Å². The van der Waals surface area contributed by atoms with Crippen LogP contribution in [0.5, 0.6) is 5.75 Å². The largest absolute Gasteiger partial charge is 0.508 e. The molecule has 1 amide bonds. The fraction of sp³-hybridized carbons (Fsp3) is 0.412. The van der Waals surface area contributed by atoms with Crippen molar-refractivity contribution in [3.8, 4) is 11.4 Å². The molecule has 0 saturated carbocycles. The molecule has 2 fully saturated rings. The number of fused-ring (bicyclic) bond motifs is 1. The van der Waals surface area contributed by atoms with E-state index in [0.29, 0.717) is 11.4 Å². The van der Waals surface area contributed by atoms with Crippen molar-refractivity contribution in [1.82, 2.24) is 19.9 Å². The Kier molecular flexibility index (Phi) is 3.80. The second-order valence-electron chi connectivity index (χ2n) is 7.51. The zero-order chi connectivity index (χ0) is 20.4. The first-order valence-corrected chi connectivity index (χ1v) is 10.1. The van der Waals surface area contributed by atoms with Crippen molar-refractivity contribution in [2.75, 3.05) is 0 Å². The van der Waals surface area contributed by atoms with Crippen LogP contribution in [0.15, 0.2) is 30.5 Å². The summed E-state index contributed by atoms with van der Waals surface area (Å²) in [6.45, 7) is 2.68. The molecule has 4 rings (SSSR count). The van der Waals surface area contributed by atoms with Gasteiger partial charge in [-0.05, 0) is 38.1 Å². The number of aromatic nitrogens is 3. The molecule has 1 aromatic heterocycles. The van der Waals surface area contributed by atoms with Gasteiger partial charge in [0.1, 0.15) is 17.2 Å². The van der Waals surface area contributed by atoms with Crippen LogP contribution in [-0.2, 0) is 25.8 Å². The number of nitrogens with zero attached hydrogens (tertiary/aromatic N) is 4. The SMILES string of the molecule is CC1(C)[C@H](C(=O)O)N2C(=O)[C@@H](Cc3cn(-c4ccc(O)cc4)nn3)[C@H]2S1(=O)=O. The molecule has 28 heavy (non-hydrogen) atoms. The van der Waals surface area contributed by atoms with Crippen molar-refractivity contribution in [3.05, 3.63) is 36.2 Å². The lowest BCUT2D eigenvalue weighted by molar-refractivity contribution is -0.163. The lowest BCUT2D eigenvalue weighted by atomic mass is 9.89. The molecule has 0 aliphatic carbocycles. The number of amides is 1. The highest BCUT2D eigenvalue weighted by Gasteiger charge is 2.71. The summed E-state index contributed by atoms with van der Waals surface area (Å²) in [7, 11) is -3.87. The zero-order valence-electron chi connectivity index (χ0n) is 15.1. The second-order valence-corrected chi connectivity index (χ2v) is 10.1. The Balaban J connectivity index is 1.60. The van der Waals surface area contributed by atoms with Crippen molar-refractivity contribution in [1.29, 1.82) is 0 Å². The molecule has 2 aromatic rings. The molecule has 2 N–H and O–H groups in total. The quantitative estimate of drug-likeness (QED) is 0.674. The highest BCUT2D eigenvalue weighted by molar-refractivity contribution is 7.93. The van der Waals surface area contributed by atoms with E-state index in [-0.39, 0.29) is 12.2 Å². The average molecular weight is 406 g/mol. The van der Waals surface area contributed by atoms with Crippen molar-refractivity contribution in [2.45, 2.75) is 36.4 Å². The molecule has 2 saturated heterocycles. The Morgan fingerprint density at radius 3 is 2.50 bits per heavy atom. The van der Waals surface area contributed by atoms with Crippen LogP contribution >= 0.6 is 0 Å². The molecule has 1 aromatic carbocycles. The molecule has 0 unspecified atom stereocenters. The third-order valence-corrected chi connectivity index (χ3v) is 8.38. The first-order valence-electron chi connectivity index (χ1n) is 8.55. The third-order valence-electron chi connectivity index (χ3n) is 5.50. The molecule has 0 radical (unpaired) electrons. The molecule has 0 bridgehead atoms. The molecule has 10 nitrogen and oxygen atoms in total. The predicted molar refractivity (Wildman–Crippen MR) is 95.3 cm³/mol. The van der Waals surface area contributed by atoms with E-state index < -0.39 is 43.8 Å². The van der Waals surface area contributed by atoms with E-state index in [1.165, 1.54) is 30.7 Å². The summed E-state index contributed by atoms with van der Waals surface area (Å²) in [6, 6.07) is 4.84. The predicted octanol–water partition coefficient (Wildman–Crippen LogP) is -0.0399. The normalized spacial score (nSPS) is 27.3. The van der Waals surface area contributed by atoms with E-state index in [1.54, 1.807) is 18.3 Å². The van der Waals surface area contributed by atoms with Crippen LogP contribution in [-0.4, -0.2) is 66.6 Å². The van der Waals surface area contributed by atoms with Gasteiger partial charge in [0.15, 0.2) is 9.84 Å². The number of aromatic hydroxyl groups is 1. The van der Waals surface area contributed by atoms with Gasteiger partial charge in [-0.3, -0.25) is 4.79 Å². The average Bonchev–Trinajstić information content (AvgIpc) is 3.13. The van der Waals surface area contributed by atoms with E-state index >= 15 is 0 Å². The summed E-state index contributed by atoms with van der Waals surface area (Å²) in [5.74, 6) is -2.63. The first kappa shape index (κ1) is 18.4. The van der Waals surface area contributed by atoms with Gasteiger partial charge in [0, 0.05) is 6.42 Å². The van der Waals surface area contributed by atoms with Crippen molar-refractivity contribution >= 4 is 21.7 Å². The minimum absolute atomic E-state index is 0.0414. The van der Waals surface area contributed by atoms with Crippen LogP contribution in [0, 0.1) is 5.92 Å². The van der Waals surface area contributed by atoms with Crippen LogP contribution in [0.1, 0.15) is 19.5 Å². The van der Waals surface area contributed by atoms with Gasteiger partial charge in [0.25, 0.3) is 0 Å². The fourth-order valence-electron chi connectivity index (χ4n) is 3.95. The van der Waals surface area contributed by atoms with Crippen LogP contribution in [0.3, 0.4) is 0 Å². The van der Waals surface area contributed by atoms with E-state index in [1.807, 2.05) is 0 Å². The van der Waals surface area contributed by atoms with Gasteiger partial charge in [-0.25, -0.2) is 17.9 Å². The third kappa shape index (κ3) is 2.35. The van der Waals surface area contributed by atoms with E-state index in [0.717, 1.165) is 4.90 Å². The Hall–Kier alpha value is -2.95. The maximum atomic E-state index is 12.9. The Labute approximate surface area is 160 Å². The number of hydrogen-bond donors (Lipinski definition) is 2. The molecular weight excluding hydrogens is 388 g/mol. The summed E-state index contributed by atoms with van der Waals surface area (Å²) in [4.78, 5) is 25.1. The van der Waals surface area contributed by atoms with Gasteiger partial charge in [-0.1, -0.05) is 5.21 Å². The maximum absolute atomic E-state index is 12.9. The molecule has 2 aliphatic heterocycles. The number of carbonyl (C=O) groups excluding carboxylic acids is 1. The molecule has 0 spiro atoms. The first-order chi connectivity index (χ1) is 13.1. The number of phenolic OH excluding ortho intramolecular Hbond substituents is 1. The number of carboxylic acid groups (broad SMARTS) is 1. The zero-order valence-corrected chi connectivity index (χ0v) is 15.9. The smallest absolute Gasteiger partial charge is 0.328 e. The monoisotopic (exact) mass is 406 g/mol. The van der Waals surface area contributed by atoms with Crippen molar-refractivity contribution in [2.24, 2.45) is 5.92 Å². The highest BCUT2D eigenvalue weighted by atomic mass is 32.2. The number of hydrogen-bond acceptors (Lipinski definition) is 7. The molecule has 2 aliphatic rings. The van der Waals surface area contributed by atoms with E-state index in [2.05, 4.69) is 10.3 Å². The summed E-state index contributed by atoms with van der Waals surface area (Å²) >= 11 is 0. The number of rotatable bonds is 4. The number of benzene rings is 1. The van der Waals surface area contributed by atoms with Gasteiger partial charge >= 0.3 is 5.97 Å². The van der Waals surface area contributed by atoms with Crippen LogP contribution in [0.4, 0.5) is 0 Å². The molecule has 3 atom stereocenters. The minimum Gasteiger partial charge on any atom is -0.508 e. The molecule has 3 heterocycles. The van der Waals surface area contributed by atoms with Crippen molar-refractivity contribution < 1.29 is 28.2 Å². The topological polar surface area (TPSA) is 143 Å². The Morgan fingerprint density at radius 2 is 1.89 bits per heavy atom. The number of carbonyl (C=O) groups is 2. The van der Waals surface area contributed by atoms with Gasteiger partial charge in [0.2, 0.25) is 5.91 Å². The second kappa shape index (κ2) is 5.77. The van der Waals surface area contributed by atoms with E-state index in [4.69, 9.17) is 0 Å². The Morgan fingerprint density at radius 1 is 1.25 bits per heavy atom. The standard InChI is InChI=1S/C17H18N4O6S/c1-17(2)13(16(24)25)21-14(23)12(15(21)28(17,26)27)7-9-8-20(19-18-9)10-3-5-11(22)6-4-10/h3-6,8,12-13,15,22H,7H2,1-2H3,(H,24,25)/t12-,13+,15-/m1/s1. The van der Waals surface area contributed by atoms with Crippen LogP contribution < -0.4 is 0 Å². The summed E-state index contributed by atoms with van der Waals surface area (Å²) in [6.07, 6.45) is 1.61. The number of sulfone groups is 1. The number of aliphatic carboxylic acids is 1. The van der Waals surface area contributed by atoms with Gasteiger partial charge in [0.05, 0.1) is 28.2 Å². The number of β-lactam (4-membered cyclic amide) rings is 1. The highest BCUT2D eigenvalue weighted by Crippen LogP contribution is 2.49. The van der Waals surface area contributed by atoms with Gasteiger partial charge in [-0.2, -0.15) is 0 Å². The minimum atomic E-state index is -3.87. The number of carboxylic acids is 1. The van der Waals surface area contributed by atoms with Crippen LogP contribution in [0.2, 0.25) is 0 Å². The summed E-state index contributed by atoms with van der Waals surface area (Å²) in [5, 5.41) is 25.6. The summed E-state index contributed by atoms with van der Waals surface area (Å²) < 4.78 is 25.6. The fourth-order valence-corrected chi connectivity index (χ4v) is 6.26. The maximum Gasteiger partial charge on any atom is 0.328 e. The number of phenols is 1. The summed E-state index contributed by atoms with van der Waals surface area (Å²) in [5.41, 5.74) is 1.05. The lowest BCUT2D eigenvalue weighted by Crippen LogP contribution is -2.64. The van der Waals surface area contributed by atoms with Crippen LogP contribution in [0.25, 0.3) is 5.69 Å². The van der Waals surface area contributed by atoms with Gasteiger partial charge < -0.3 is 15.1 Å². The molecule has 148 valence electrons. The molecule has 11 heteroatoms. The molecular formula is C17H18N4O6S. The Bertz CT molecular complexity index is 1080. The van der Waals surface area contributed by atoms with Crippen molar-refractivity contribution in [3.63, 3.8) is 0 Å².